The Hall–Kier alpha value is -2.71. The van der Waals surface area contributed by atoms with Gasteiger partial charge in [-0.15, -0.1) is 11.3 Å². The molecule has 1 unspecified atom stereocenters. The lowest BCUT2D eigenvalue weighted by atomic mass is 10.1. The van der Waals surface area contributed by atoms with Gasteiger partial charge in [-0.3, -0.25) is 0 Å². The summed E-state index contributed by atoms with van der Waals surface area (Å²) in [7, 11) is 1.51. The normalized spacial score (nSPS) is 12.0. The predicted octanol–water partition coefficient (Wildman–Crippen LogP) is 3.57. The van der Waals surface area contributed by atoms with Crippen molar-refractivity contribution in [3.05, 3.63) is 52.2 Å². The summed E-state index contributed by atoms with van der Waals surface area (Å²) >= 11 is 1.35. The molecule has 1 atom stereocenters. The van der Waals surface area contributed by atoms with E-state index < -0.39 is 6.10 Å². The third kappa shape index (κ3) is 3.61. The van der Waals surface area contributed by atoms with Gasteiger partial charge in [0.2, 0.25) is 0 Å². The van der Waals surface area contributed by atoms with Crippen LogP contribution in [0.5, 0.6) is 11.5 Å². The van der Waals surface area contributed by atoms with E-state index in [1.807, 2.05) is 0 Å². The van der Waals surface area contributed by atoms with E-state index in [9.17, 15) is 9.50 Å². The first-order valence-electron chi connectivity index (χ1n) is 7.82. The van der Waals surface area contributed by atoms with Gasteiger partial charge in [0.05, 0.1) is 29.8 Å². The SMILES string of the molecule is COc1ccc(F)cc1C(C)Oc1cc(-c2ncsc2CO)cnc1N. The molecule has 0 amide bonds. The van der Waals surface area contributed by atoms with E-state index >= 15 is 0 Å². The highest BCUT2D eigenvalue weighted by Crippen LogP contribution is 2.34. The second kappa shape index (κ2) is 7.67. The van der Waals surface area contributed by atoms with Gasteiger partial charge in [0.15, 0.2) is 11.6 Å². The maximum Gasteiger partial charge on any atom is 0.166 e. The fourth-order valence-electron chi connectivity index (χ4n) is 2.57. The minimum atomic E-state index is -0.521. The first-order chi connectivity index (χ1) is 12.5. The smallest absolute Gasteiger partial charge is 0.166 e. The Kier molecular flexibility index (Phi) is 5.34. The first kappa shape index (κ1) is 18.1. The monoisotopic (exact) mass is 375 g/mol. The highest BCUT2D eigenvalue weighted by atomic mass is 32.1. The number of aromatic nitrogens is 2. The summed E-state index contributed by atoms with van der Waals surface area (Å²) in [6.07, 6.45) is 1.05. The first-order valence-corrected chi connectivity index (χ1v) is 8.70. The Morgan fingerprint density at radius 1 is 1.27 bits per heavy atom. The molecular formula is C18H18FN3O3S. The maximum absolute atomic E-state index is 13.6. The fraction of sp³-hybridized carbons (Fsp3) is 0.222. The zero-order valence-corrected chi connectivity index (χ0v) is 15.1. The zero-order chi connectivity index (χ0) is 18.7. The highest BCUT2D eigenvalue weighted by molar-refractivity contribution is 7.10. The molecule has 3 aromatic rings. The van der Waals surface area contributed by atoms with E-state index in [-0.39, 0.29) is 18.2 Å². The van der Waals surface area contributed by atoms with Crippen LogP contribution in [0, 0.1) is 5.82 Å². The van der Waals surface area contributed by atoms with Crippen molar-refractivity contribution < 1.29 is 19.0 Å². The third-order valence-corrected chi connectivity index (χ3v) is 4.69. The number of nitrogens with zero attached hydrogens (tertiary/aromatic N) is 2. The van der Waals surface area contributed by atoms with Crippen molar-refractivity contribution in [1.82, 2.24) is 9.97 Å². The van der Waals surface area contributed by atoms with Crippen LogP contribution in [0.2, 0.25) is 0 Å². The third-order valence-electron chi connectivity index (χ3n) is 3.87. The topological polar surface area (TPSA) is 90.5 Å². The van der Waals surface area contributed by atoms with Gasteiger partial charge in [0.1, 0.15) is 17.7 Å². The predicted molar refractivity (Wildman–Crippen MR) is 97.7 cm³/mol. The molecule has 0 spiro atoms. The van der Waals surface area contributed by atoms with Crippen LogP contribution < -0.4 is 15.2 Å². The number of nitrogen functional groups attached to an aromatic ring is 1. The van der Waals surface area contributed by atoms with Crippen molar-refractivity contribution in [2.24, 2.45) is 0 Å². The van der Waals surface area contributed by atoms with Crippen LogP contribution in [0.3, 0.4) is 0 Å². The summed E-state index contributed by atoms with van der Waals surface area (Å²) in [5.74, 6) is 0.685. The summed E-state index contributed by atoms with van der Waals surface area (Å²) in [5, 5.41) is 9.41. The van der Waals surface area contributed by atoms with Gasteiger partial charge in [-0.25, -0.2) is 14.4 Å². The molecule has 0 aliphatic rings. The number of hydrogen-bond acceptors (Lipinski definition) is 7. The molecule has 2 heterocycles. The van der Waals surface area contributed by atoms with Gasteiger partial charge in [0, 0.05) is 17.3 Å². The Morgan fingerprint density at radius 3 is 2.81 bits per heavy atom. The summed E-state index contributed by atoms with van der Waals surface area (Å²) < 4.78 is 24.8. The molecule has 1 aromatic carbocycles. The van der Waals surface area contributed by atoms with Crippen molar-refractivity contribution in [2.45, 2.75) is 19.6 Å². The van der Waals surface area contributed by atoms with Crippen molar-refractivity contribution in [2.75, 3.05) is 12.8 Å². The minimum Gasteiger partial charge on any atom is -0.496 e. The van der Waals surface area contributed by atoms with E-state index in [0.29, 0.717) is 28.3 Å². The van der Waals surface area contributed by atoms with E-state index in [4.69, 9.17) is 15.2 Å². The summed E-state index contributed by atoms with van der Waals surface area (Å²) in [5.41, 5.74) is 9.45. The number of ether oxygens (including phenoxy) is 2. The lowest BCUT2D eigenvalue weighted by Crippen LogP contribution is -2.08. The summed E-state index contributed by atoms with van der Waals surface area (Å²) in [6.45, 7) is 1.66. The van der Waals surface area contributed by atoms with Crippen LogP contribution in [0.15, 0.2) is 36.0 Å². The van der Waals surface area contributed by atoms with E-state index in [2.05, 4.69) is 9.97 Å². The standard InChI is InChI=1S/C18H18FN3O3S/c1-10(13-6-12(19)3-4-14(13)24-2)25-15-5-11(7-21-18(15)20)17-16(8-23)26-9-22-17/h3-7,9-10,23H,8H2,1-2H3,(H2,20,21). The van der Waals surface area contributed by atoms with Gasteiger partial charge < -0.3 is 20.3 Å². The van der Waals surface area contributed by atoms with Crippen LogP contribution in [-0.4, -0.2) is 22.2 Å². The molecule has 0 saturated carbocycles. The van der Waals surface area contributed by atoms with E-state index in [0.717, 1.165) is 4.88 Å². The van der Waals surface area contributed by atoms with Crippen molar-refractivity contribution in [3.8, 4) is 22.8 Å². The number of hydrogen-bond donors (Lipinski definition) is 2. The van der Waals surface area contributed by atoms with E-state index in [1.165, 1.54) is 30.6 Å². The van der Waals surface area contributed by atoms with Crippen molar-refractivity contribution in [3.63, 3.8) is 0 Å². The van der Waals surface area contributed by atoms with Crippen LogP contribution in [0.25, 0.3) is 11.3 Å². The number of aliphatic hydroxyl groups excluding tert-OH is 1. The lowest BCUT2D eigenvalue weighted by Gasteiger charge is -2.19. The fourth-order valence-corrected chi connectivity index (χ4v) is 3.22. The molecule has 0 aliphatic carbocycles. The maximum atomic E-state index is 13.6. The molecule has 0 aliphatic heterocycles. The van der Waals surface area contributed by atoms with Crippen LogP contribution in [0.4, 0.5) is 10.2 Å². The molecule has 2 aromatic heterocycles. The van der Waals surface area contributed by atoms with Gasteiger partial charge >= 0.3 is 0 Å². The number of benzene rings is 1. The van der Waals surface area contributed by atoms with Gasteiger partial charge in [-0.1, -0.05) is 0 Å². The lowest BCUT2D eigenvalue weighted by molar-refractivity contribution is 0.221. The van der Waals surface area contributed by atoms with Gasteiger partial charge in [0.25, 0.3) is 0 Å². The number of halogens is 1. The Bertz CT molecular complexity index is 916. The minimum absolute atomic E-state index is 0.114. The number of nitrogens with two attached hydrogens (primary N) is 1. The average molecular weight is 375 g/mol. The Morgan fingerprint density at radius 2 is 2.08 bits per heavy atom. The summed E-state index contributed by atoms with van der Waals surface area (Å²) in [4.78, 5) is 9.13. The van der Waals surface area contributed by atoms with Crippen LogP contribution in [0.1, 0.15) is 23.5 Å². The zero-order valence-electron chi connectivity index (χ0n) is 14.3. The molecule has 0 radical (unpaired) electrons. The van der Waals surface area contributed by atoms with Crippen molar-refractivity contribution in [1.29, 1.82) is 0 Å². The Labute approximate surface area is 154 Å². The average Bonchev–Trinajstić information content (AvgIpc) is 3.12. The summed E-state index contributed by atoms with van der Waals surface area (Å²) in [6, 6.07) is 5.94. The Balaban J connectivity index is 1.93. The molecule has 3 rings (SSSR count). The second-order valence-corrected chi connectivity index (χ2v) is 6.48. The number of thiazole rings is 1. The quantitative estimate of drug-likeness (QED) is 0.684. The van der Waals surface area contributed by atoms with Crippen LogP contribution >= 0.6 is 11.3 Å². The number of pyridine rings is 1. The van der Waals surface area contributed by atoms with Crippen molar-refractivity contribution >= 4 is 17.2 Å². The molecule has 26 heavy (non-hydrogen) atoms. The molecule has 0 saturated heterocycles. The highest BCUT2D eigenvalue weighted by Gasteiger charge is 2.17. The molecule has 8 heteroatoms. The van der Waals surface area contributed by atoms with Gasteiger partial charge in [-0.05, 0) is 31.2 Å². The number of anilines is 1. The largest absolute Gasteiger partial charge is 0.496 e. The molecule has 6 nitrogen and oxygen atoms in total. The molecule has 136 valence electrons. The second-order valence-electron chi connectivity index (χ2n) is 5.54. The van der Waals surface area contributed by atoms with Gasteiger partial charge in [-0.2, -0.15) is 0 Å². The number of aliphatic hydroxyl groups is 1. The number of rotatable bonds is 6. The number of methoxy groups -OCH3 is 1. The molecular weight excluding hydrogens is 357 g/mol. The molecule has 0 bridgehead atoms. The molecule has 0 fully saturated rings. The van der Waals surface area contributed by atoms with E-state index in [1.54, 1.807) is 30.8 Å². The van der Waals surface area contributed by atoms with Crippen LogP contribution in [-0.2, 0) is 6.61 Å². The molecule has 3 N–H and O–H groups in total.